The normalized spacial score (nSPS) is 9.40. The molecule has 0 aliphatic carbocycles. The maximum absolute atomic E-state index is 9.81. The van der Waals surface area contributed by atoms with Crippen molar-refractivity contribution in [1.82, 2.24) is 0 Å². The van der Waals surface area contributed by atoms with Crippen LogP contribution in [0.4, 0.5) is 0 Å². The molecule has 1 atom stereocenters. The molecule has 6 heteroatoms. The molecule has 0 saturated heterocycles. The van der Waals surface area contributed by atoms with Gasteiger partial charge in [-0.1, -0.05) is 6.92 Å². The second-order valence-corrected chi connectivity index (χ2v) is 1.35. The molecule has 1 unspecified atom stereocenters. The van der Waals surface area contributed by atoms with Crippen LogP contribution in [-0.2, 0) is 31.0 Å². The number of carbonyl (C=O) groups is 1. The van der Waals surface area contributed by atoms with E-state index < -0.39 is 12.0 Å². The Morgan fingerprint density at radius 2 is 2.00 bits per heavy atom. The second-order valence-electron chi connectivity index (χ2n) is 1.35. The standard InChI is InChI=1S/C4H9NO2.Al.ClH.Zr.3H/c1-2-3(5)4(6)7;;;;;;/h3H,2,5H2,1H3,(H,6,7);;1H;;;;. The van der Waals surface area contributed by atoms with E-state index in [0.29, 0.717) is 6.42 Å². The molecule has 3 nitrogen and oxygen atoms in total. The van der Waals surface area contributed by atoms with Gasteiger partial charge in [-0.25, -0.2) is 0 Å². The number of halogens is 1. The third-order valence-electron chi connectivity index (χ3n) is 0.757. The van der Waals surface area contributed by atoms with Crippen molar-refractivity contribution in [3.8, 4) is 0 Å². The molecule has 3 N–H and O–H groups in total. The first-order chi connectivity index (χ1) is 3.18. The Morgan fingerprint density at radius 1 is 1.70 bits per heavy atom. The second kappa shape index (κ2) is 12.8. The Hall–Kier alpha value is 1.14. The summed E-state index contributed by atoms with van der Waals surface area (Å²) in [6.07, 6.45) is 0.495. The van der Waals surface area contributed by atoms with E-state index in [9.17, 15) is 4.79 Å². The Bertz CT molecular complexity index is 85.7. The predicted molar refractivity (Wildman–Crippen MR) is 43.1 cm³/mol. The Labute approximate surface area is 96.4 Å². The van der Waals surface area contributed by atoms with Gasteiger partial charge in [0.05, 0.1) is 0 Å². The molecule has 0 amide bonds. The maximum atomic E-state index is 9.81. The molecule has 0 aromatic carbocycles. The molecule has 0 radical (unpaired) electrons. The van der Waals surface area contributed by atoms with Crippen molar-refractivity contribution in [3.05, 3.63) is 0 Å². The minimum absolute atomic E-state index is 0. The number of carboxylic acid groups (broad SMARTS) is 1. The van der Waals surface area contributed by atoms with E-state index in [1.54, 1.807) is 6.92 Å². The average Bonchev–Trinajstić information content (AvgIpc) is 1.65. The van der Waals surface area contributed by atoms with Crippen molar-refractivity contribution in [2.24, 2.45) is 5.73 Å². The number of nitrogens with two attached hydrogens (primary N) is 1. The summed E-state index contributed by atoms with van der Waals surface area (Å²) in [6.45, 7) is 1.73. The monoisotopic (exact) mass is 259 g/mol. The number of carboxylic acids is 1. The van der Waals surface area contributed by atoms with Gasteiger partial charge in [0.1, 0.15) is 6.04 Å². The summed E-state index contributed by atoms with van der Waals surface area (Å²) in [5.74, 6) is -0.928. The molecule has 0 bridgehead atoms. The first-order valence-electron chi connectivity index (χ1n) is 2.17. The van der Waals surface area contributed by atoms with Gasteiger partial charge in [0, 0.05) is 26.2 Å². The molecule has 0 aliphatic rings. The molecule has 0 aromatic heterocycles. The van der Waals surface area contributed by atoms with Crippen LogP contribution in [-0.4, -0.2) is 34.5 Å². The van der Waals surface area contributed by atoms with Gasteiger partial charge in [-0.15, -0.1) is 12.4 Å². The number of aliphatic carboxylic acids is 1. The number of hydrogen-bond donors (Lipinski definition) is 2. The minimum atomic E-state index is -0.928. The van der Waals surface area contributed by atoms with Gasteiger partial charge < -0.3 is 10.8 Å². The van der Waals surface area contributed by atoms with Crippen molar-refractivity contribution in [1.29, 1.82) is 0 Å². The summed E-state index contributed by atoms with van der Waals surface area (Å²) in [5.41, 5.74) is 5.02. The fourth-order valence-electron chi connectivity index (χ4n) is 0.175. The Morgan fingerprint density at radius 3 is 2.00 bits per heavy atom. The van der Waals surface area contributed by atoms with Gasteiger partial charge in [0.25, 0.3) is 0 Å². The summed E-state index contributed by atoms with van der Waals surface area (Å²) >= 11 is 0. The molecule has 0 fully saturated rings. The van der Waals surface area contributed by atoms with Gasteiger partial charge in [0.2, 0.25) is 0 Å². The van der Waals surface area contributed by atoms with Gasteiger partial charge in [-0.3, -0.25) is 4.79 Å². The van der Waals surface area contributed by atoms with Crippen molar-refractivity contribution in [2.45, 2.75) is 19.4 Å². The predicted octanol–water partition coefficient (Wildman–Crippen LogP) is -0.956. The van der Waals surface area contributed by atoms with Crippen LogP contribution in [0.15, 0.2) is 0 Å². The molecule has 0 spiro atoms. The maximum Gasteiger partial charge on any atom is 0.320 e. The SMILES string of the molecule is CCC(N)C(=O)O.Cl.[AlH3].[Zr]. The van der Waals surface area contributed by atoms with E-state index >= 15 is 0 Å². The smallest absolute Gasteiger partial charge is 0.320 e. The topological polar surface area (TPSA) is 63.3 Å². The number of hydrogen-bond acceptors (Lipinski definition) is 2. The summed E-state index contributed by atoms with van der Waals surface area (Å²) < 4.78 is 0. The van der Waals surface area contributed by atoms with Gasteiger partial charge in [0.15, 0.2) is 17.4 Å². The third-order valence-corrected chi connectivity index (χ3v) is 0.757. The van der Waals surface area contributed by atoms with Gasteiger partial charge in [-0.2, -0.15) is 0 Å². The first kappa shape index (κ1) is 22.5. The van der Waals surface area contributed by atoms with Crippen molar-refractivity contribution < 1.29 is 36.1 Å². The largest absolute Gasteiger partial charge is 0.480 e. The Balaban J connectivity index is -0.0000000600. The van der Waals surface area contributed by atoms with E-state index in [4.69, 9.17) is 10.8 Å². The molecule has 0 heterocycles. The van der Waals surface area contributed by atoms with Crippen LogP contribution in [0.25, 0.3) is 0 Å². The quantitative estimate of drug-likeness (QED) is 0.629. The zero-order chi connectivity index (χ0) is 5.86. The summed E-state index contributed by atoms with van der Waals surface area (Å²) in [7, 11) is 0. The van der Waals surface area contributed by atoms with Crippen LogP contribution in [0, 0.1) is 0 Å². The van der Waals surface area contributed by atoms with Crippen LogP contribution < -0.4 is 5.73 Å². The van der Waals surface area contributed by atoms with Crippen molar-refractivity contribution in [2.75, 3.05) is 0 Å². The van der Waals surface area contributed by atoms with Crippen LogP contribution in [0.2, 0.25) is 0 Å². The zero-order valence-electron chi connectivity index (χ0n) is 5.13. The molecule has 10 heavy (non-hydrogen) atoms. The number of rotatable bonds is 2. The zero-order valence-corrected chi connectivity index (χ0v) is 8.40. The van der Waals surface area contributed by atoms with Crippen LogP contribution in [0.1, 0.15) is 13.3 Å². The van der Waals surface area contributed by atoms with E-state index in [0.717, 1.165) is 0 Å². The Kier molecular flexibility index (Phi) is 28.7. The summed E-state index contributed by atoms with van der Waals surface area (Å²) in [4.78, 5) is 9.81. The van der Waals surface area contributed by atoms with Gasteiger partial charge >= 0.3 is 5.97 Å². The fourth-order valence-corrected chi connectivity index (χ4v) is 0.175. The fraction of sp³-hybridized carbons (Fsp3) is 0.750. The summed E-state index contributed by atoms with van der Waals surface area (Å²) in [6, 6.07) is -0.681. The molecule has 0 aromatic rings. The molecule has 60 valence electrons. The van der Waals surface area contributed by atoms with Crippen molar-refractivity contribution >= 4 is 35.7 Å². The van der Waals surface area contributed by atoms with Crippen LogP contribution >= 0.6 is 12.4 Å². The van der Waals surface area contributed by atoms with E-state index in [1.807, 2.05) is 0 Å². The first-order valence-corrected chi connectivity index (χ1v) is 2.17. The molecular weight excluding hydrogens is 248 g/mol. The van der Waals surface area contributed by atoms with Gasteiger partial charge in [-0.05, 0) is 6.42 Å². The summed E-state index contributed by atoms with van der Waals surface area (Å²) in [5, 5.41) is 8.06. The van der Waals surface area contributed by atoms with E-state index in [-0.39, 0.29) is 56.0 Å². The van der Waals surface area contributed by atoms with Crippen LogP contribution in [0.5, 0.6) is 0 Å². The molecule has 0 rings (SSSR count). The van der Waals surface area contributed by atoms with Crippen molar-refractivity contribution in [3.63, 3.8) is 0 Å². The van der Waals surface area contributed by atoms with E-state index in [1.165, 1.54) is 0 Å². The minimum Gasteiger partial charge on any atom is -0.480 e. The van der Waals surface area contributed by atoms with E-state index in [2.05, 4.69) is 0 Å². The molecular formula is C4H13AlClNO2Zr. The molecule has 0 aliphatic heterocycles. The average molecular weight is 261 g/mol. The van der Waals surface area contributed by atoms with Crippen LogP contribution in [0.3, 0.4) is 0 Å². The third kappa shape index (κ3) is 11.9. The molecule has 0 saturated carbocycles.